The van der Waals surface area contributed by atoms with Crippen molar-refractivity contribution < 1.29 is 22.8 Å². The molecule has 41 heavy (non-hydrogen) atoms. The van der Waals surface area contributed by atoms with E-state index in [-0.39, 0.29) is 12.1 Å². The maximum atomic E-state index is 14.1. The van der Waals surface area contributed by atoms with Crippen LogP contribution < -0.4 is 15.5 Å². The van der Waals surface area contributed by atoms with Gasteiger partial charge in [0.1, 0.15) is 11.9 Å². The smallest absolute Gasteiger partial charge is 0.339 e. The van der Waals surface area contributed by atoms with Gasteiger partial charge in [-0.1, -0.05) is 36.4 Å². The van der Waals surface area contributed by atoms with Crippen LogP contribution in [0.25, 0.3) is 5.69 Å². The molecule has 0 bridgehead atoms. The number of aryl methyl sites for hydroxylation is 1. The molecule has 0 fully saturated rings. The van der Waals surface area contributed by atoms with Gasteiger partial charge in [-0.3, -0.25) is 19.8 Å². The van der Waals surface area contributed by atoms with Gasteiger partial charge in [0.15, 0.2) is 6.19 Å². The molecular formula is C30H25F3N6O2. The summed E-state index contributed by atoms with van der Waals surface area (Å²) in [5.41, 5.74) is 1.92. The molecule has 8 nitrogen and oxygen atoms in total. The maximum absolute atomic E-state index is 14.1. The Morgan fingerprint density at radius 3 is 2.46 bits per heavy atom. The number of anilines is 2. The number of alkyl halides is 3. The zero-order valence-electron chi connectivity index (χ0n) is 22.1. The Kier molecular flexibility index (Phi) is 7.24. The van der Waals surface area contributed by atoms with Gasteiger partial charge in [-0.25, -0.2) is 4.68 Å². The number of halogens is 3. The molecule has 2 atom stereocenters. The van der Waals surface area contributed by atoms with E-state index >= 15 is 0 Å². The third-order valence-electron chi connectivity index (χ3n) is 7.02. The summed E-state index contributed by atoms with van der Waals surface area (Å²) < 4.78 is 41.7. The van der Waals surface area contributed by atoms with E-state index in [1.54, 1.807) is 42.8 Å². The Bertz CT molecular complexity index is 1660. The summed E-state index contributed by atoms with van der Waals surface area (Å²) in [6.07, 6.45) is -2.76. The predicted molar refractivity (Wildman–Crippen MR) is 147 cm³/mol. The van der Waals surface area contributed by atoms with Crippen molar-refractivity contribution in [2.24, 2.45) is 0 Å². The van der Waals surface area contributed by atoms with Crippen LogP contribution in [-0.2, 0) is 11.0 Å². The van der Waals surface area contributed by atoms with Gasteiger partial charge < -0.3 is 5.32 Å². The molecule has 1 aliphatic rings. The minimum atomic E-state index is -4.63. The molecule has 0 spiro atoms. The van der Waals surface area contributed by atoms with Crippen LogP contribution in [0.15, 0.2) is 78.9 Å². The lowest BCUT2D eigenvalue weighted by Crippen LogP contribution is -2.55. The van der Waals surface area contributed by atoms with Gasteiger partial charge in [-0.05, 0) is 61.9 Å². The van der Waals surface area contributed by atoms with Crippen molar-refractivity contribution in [1.29, 1.82) is 5.26 Å². The second-order valence-electron chi connectivity index (χ2n) is 9.52. The van der Waals surface area contributed by atoms with Crippen LogP contribution in [-0.4, -0.2) is 34.2 Å². The van der Waals surface area contributed by atoms with E-state index in [1.165, 1.54) is 11.0 Å². The SMILES string of the molecule is CCN1C(=O)[C@@H](NC(=O)c2cccc(C(F)(F)F)c2)[C@@H](c2cccc(NC#N)c2)c2c(C)nn(-c3ccccc3)c21. The van der Waals surface area contributed by atoms with Crippen LogP contribution in [0.1, 0.15) is 45.6 Å². The van der Waals surface area contributed by atoms with Gasteiger partial charge in [0.2, 0.25) is 0 Å². The lowest BCUT2D eigenvalue weighted by molar-refractivity contribution is -0.137. The molecule has 11 heteroatoms. The fourth-order valence-electron chi connectivity index (χ4n) is 5.23. The molecular weight excluding hydrogens is 533 g/mol. The number of hydrogen-bond acceptors (Lipinski definition) is 5. The number of aromatic nitrogens is 2. The van der Waals surface area contributed by atoms with E-state index in [0.717, 1.165) is 23.9 Å². The molecule has 0 unspecified atom stereocenters. The number of hydrogen-bond donors (Lipinski definition) is 2. The molecule has 1 aliphatic heterocycles. The lowest BCUT2D eigenvalue weighted by atomic mass is 9.81. The highest BCUT2D eigenvalue weighted by Crippen LogP contribution is 2.44. The second-order valence-corrected chi connectivity index (χ2v) is 9.52. The zero-order chi connectivity index (χ0) is 29.3. The molecule has 5 rings (SSSR count). The fourth-order valence-corrected chi connectivity index (χ4v) is 5.23. The summed E-state index contributed by atoms with van der Waals surface area (Å²) in [6.45, 7) is 3.85. The van der Waals surface area contributed by atoms with E-state index in [4.69, 9.17) is 10.4 Å². The molecule has 0 saturated carbocycles. The summed E-state index contributed by atoms with van der Waals surface area (Å²) in [4.78, 5) is 29.0. The minimum absolute atomic E-state index is 0.225. The Morgan fingerprint density at radius 2 is 1.78 bits per heavy atom. The molecule has 2 amide bonds. The van der Waals surface area contributed by atoms with Gasteiger partial charge in [0.05, 0.1) is 16.9 Å². The number of carbonyl (C=O) groups is 2. The number of nitrogens with zero attached hydrogens (tertiary/aromatic N) is 4. The van der Waals surface area contributed by atoms with E-state index < -0.39 is 35.5 Å². The molecule has 208 valence electrons. The first kappa shape index (κ1) is 27.5. The Balaban J connectivity index is 1.67. The third-order valence-corrected chi connectivity index (χ3v) is 7.02. The van der Waals surface area contributed by atoms with Crippen molar-refractivity contribution in [1.82, 2.24) is 15.1 Å². The van der Waals surface area contributed by atoms with Gasteiger partial charge in [0, 0.05) is 29.3 Å². The average Bonchev–Trinajstić information content (AvgIpc) is 3.30. The Hall–Kier alpha value is -5.11. The van der Waals surface area contributed by atoms with Crippen molar-refractivity contribution in [3.63, 3.8) is 0 Å². The number of rotatable bonds is 6. The second kappa shape index (κ2) is 10.8. The fraction of sp³-hybridized carbons (Fsp3) is 0.200. The normalized spacial score (nSPS) is 16.6. The highest BCUT2D eigenvalue weighted by atomic mass is 19.4. The maximum Gasteiger partial charge on any atom is 0.416 e. The van der Waals surface area contributed by atoms with E-state index in [0.29, 0.717) is 28.3 Å². The highest BCUT2D eigenvalue weighted by molar-refractivity contribution is 6.05. The van der Waals surface area contributed by atoms with Gasteiger partial charge >= 0.3 is 6.18 Å². The van der Waals surface area contributed by atoms with E-state index in [1.807, 2.05) is 36.5 Å². The largest absolute Gasteiger partial charge is 0.416 e. The topological polar surface area (TPSA) is 103 Å². The first-order valence-electron chi connectivity index (χ1n) is 12.8. The van der Waals surface area contributed by atoms with Crippen LogP contribution in [0.4, 0.5) is 24.7 Å². The molecule has 0 aliphatic carbocycles. The number of amides is 2. The summed E-state index contributed by atoms with van der Waals surface area (Å²) in [5, 5.41) is 19.2. The van der Waals surface area contributed by atoms with Crippen molar-refractivity contribution in [2.45, 2.75) is 32.0 Å². The van der Waals surface area contributed by atoms with Gasteiger partial charge in [-0.15, -0.1) is 0 Å². The zero-order valence-corrected chi connectivity index (χ0v) is 22.1. The number of fused-ring (bicyclic) bond motifs is 1. The predicted octanol–water partition coefficient (Wildman–Crippen LogP) is 5.39. The molecule has 0 saturated heterocycles. The van der Waals surface area contributed by atoms with Gasteiger partial charge in [0.25, 0.3) is 11.8 Å². The monoisotopic (exact) mass is 558 g/mol. The number of nitrogens with one attached hydrogen (secondary N) is 2. The van der Waals surface area contributed by atoms with Crippen LogP contribution in [0.5, 0.6) is 0 Å². The average molecular weight is 559 g/mol. The third kappa shape index (κ3) is 5.12. The summed E-state index contributed by atoms with van der Waals surface area (Å²) >= 11 is 0. The first-order valence-corrected chi connectivity index (χ1v) is 12.8. The summed E-state index contributed by atoms with van der Waals surface area (Å²) in [5.74, 6) is -1.48. The number of benzene rings is 3. The van der Waals surface area contributed by atoms with Gasteiger partial charge in [-0.2, -0.15) is 23.5 Å². The number of nitriles is 1. The van der Waals surface area contributed by atoms with Crippen LogP contribution in [0.2, 0.25) is 0 Å². The van der Waals surface area contributed by atoms with Crippen molar-refractivity contribution in [2.75, 3.05) is 16.8 Å². The van der Waals surface area contributed by atoms with Crippen molar-refractivity contribution >= 4 is 23.3 Å². The summed E-state index contributed by atoms with van der Waals surface area (Å²) in [6, 6.07) is 19.1. The number of carbonyl (C=O) groups excluding carboxylic acids is 2. The number of likely N-dealkylation sites (N-methyl/N-ethyl adjacent to an activating group) is 1. The molecule has 3 aromatic carbocycles. The van der Waals surface area contributed by atoms with Crippen molar-refractivity contribution in [3.8, 4) is 11.9 Å². The van der Waals surface area contributed by atoms with Crippen LogP contribution in [0.3, 0.4) is 0 Å². The molecule has 1 aromatic heterocycles. The molecule has 4 aromatic rings. The van der Waals surface area contributed by atoms with E-state index in [9.17, 15) is 22.8 Å². The highest BCUT2D eigenvalue weighted by Gasteiger charge is 2.45. The Morgan fingerprint density at radius 1 is 1.05 bits per heavy atom. The summed E-state index contributed by atoms with van der Waals surface area (Å²) in [7, 11) is 0. The first-order chi connectivity index (χ1) is 19.6. The van der Waals surface area contributed by atoms with E-state index in [2.05, 4.69) is 10.6 Å². The quantitative estimate of drug-likeness (QED) is 0.244. The number of para-hydroxylation sites is 1. The van der Waals surface area contributed by atoms with Crippen molar-refractivity contribution in [3.05, 3.63) is 107 Å². The lowest BCUT2D eigenvalue weighted by Gasteiger charge is -2.38. The minimum Gasteiger partial charge on any atom is -0.339 e. The Labute approximate surface area is 234 Å². The molecule has 2 heterocycles. The standard InChI is InChI=1S/C30H25F3N6O2/c1-3-38-28-24(18(2)37-39(28)23-13-5-4-6-14-23)25(19-9-8-12-22(16-19)35-17-34)26(29(38)41)36-27(40)20-10-7-11-21(15-20)30(31,32)33/h4-16,25-26,35H,3H2,1-2H3,(H,36,40)/t25-,26-/m0/s1. The molecule has 2 N–H and O–H groups in total. The van der Waals surface area contributed by atoms with Crippen LogP contribution >= 0.6 is 0 Å². The van der Waals surface area contributed by atoms with Crippen LogP contribution in [0, 0.1) is 18.4 Å². The molecule has 0 radical (unpaired) electrons.